The third kappa shape index (κ3) is 3.47. The molecule has 1 fully saturated rings. The van der Waals surface area contributed by atoms with Crippen molar-refractivity contribution in [2.45, 2.75) is 12.2 Å². The van der Waals surface area contributed by atoms with Crippen molar-refractivity contribution in [3.05, 3.63) is 29.6 Å². The van der Waals surface area contributed by atoms with Crippen molar-refractivity contribution in [2.24, 2.45) is 0 Å². The number of pyridine rings is 1. The van der Waals surface area contributed by atoms with Crippen LogP contribution < -0.4 is 5.32 Å². The normalized spacial score (nSPS) is 21.9. The van der Waals surface area contributed by atoms with Crippen LogP contribution in [0.25, 0.3) is 0 Å². The Morgan fingerprint density at radius 3 is 2.60 bits per heavy atom. The van der Waals surface area contributed by atoms with E-state index in [2.05, 4.69) is 10.3 Å². The number of aromatic nitrogens is 1. The van der Waals surface area contributed by atoms with Gasteiger partial charge in [0.15, 0.2) is 0 Å². The molecule has 0 aliphatic carbocycles. The minimum atomic E-state index is -4.43. The molecule has 1 N–H and O–H groups in total. The van der Waals surface area contributed by atoms with Crippen molar-refractivity contribution in [1.29, 1.82) is 0 Å². The van der Waals surface area contributed by atoms with Gasteiger partial charge < -0.3 is 5.32 Å². The standard InChI is InChI=1S/C11H14F3N3O2S/c1-20(18,19)17-5-4-15-10(7-17)9-3-2-8(6-16-9)11(12,13)14/h2-3,6,10,15H,4-5,7H2,1H3. The number of halogens is 3. The Balaban J connectivity index is 2.16. The maximum Gasteiger partial charge on any atom is 0.417 e. The molecule has 2 rings (SSSR count). The summed E-state index contributed by atoms with van der Waals surface area (Å²) >= 11 is 0. The molecule has 0 bridgehead atoms. The number of hydrogen-bond donors (Lipinski definition) is 1. The first-order valence-electron chi connectivity index (χ1n) is 5.89. The van der Waals surface area contributed by atoms with E-state index in [4.69, 9.17) is 0 Å². The fraction of sp³-hybridized carbons (Fsp3) is 0.545. The molecular formula is C11H14F3N3O2S. The lowest BCUT2D eigenvalue weighted by Crippen LogP contribution is -2.48. The Morgan fingerprint density at radius 2 is 2.10 bits per heavy atom. The average molecular weight is 309 g/mol. The van der Waals surface area contributed by atoms with Gasteiger partial charge in [-0.05, 0) is 12.1 Å². The molecule has 0 aromatic carbocycles. The smallest absolute Gasteiger partial charge is 0.306 e. The van der Waals surface area contributed by atoms with Gasteiger partial charge in [-0.15, -0.1) is 0 Å². The molecule has 1 aromatic heterocycles. The maximum absolute atomic E-state index is 12.4. The number of sulfonamides is 1. The van der Waals surface area contributed by atoms with Crippen LogP contribution in [-0.4, -0.2) is 43.6 Å². The fourth-order valence-corrected chi connectivity index (χ4v) is 2.84. The van der Waals surface area contributed by atoms with Crippen LogP contribution in [0.5, 0.6) is 0 Å². The zero-order valence-electron chi connectivity index (χ0n) is 10.7. The summed E-state index contributed by atoms with van der Waals surface area (Å²) < 4.78 is 61.6. The van der Waals surface area contributed by atoms with Gasteiger partial charge in [0.1, 0.15) is 0 Å². The minimum Gasteiger partial charge on any atom is -0.306 e. The van der Waals surface area contributed by atoms with E-state index in [1.165, 1.54) is 10.4 Å². The van der Waals surface area contributed by atoms with Gasteiger partial charge in [-0.25, -0.2) is 8.42 Å². The summed E-state index contributed by atoms with van der Waals surface area (Å²) in [6.45, 7) is 0.938. The van der Waals surface area contributed by atoms with Gasteiger partial charge in [-0.3, -0.25) is 4.98 Å². The second kappa shape index (κ2) is 5.30. The summed E-state index contributed by atoms with van der Waals surface area (Å²) in [6.07, 6.45) is -2.56. The lowest BCUT2D eigenvalue weighted by atomic mass is 10.1. The summed E-state index contributed by atoms with van der Waals surface area (Å²) in [5.41, 5.74) is -0.427. The lowest BCUT2D eigenvalue weighted by Gasteiger charge is -2.31. The van der Waals surface area contributed by atoms with Crippen molar-refractivity contribution in [1.82, 2.24) is 14.6 Å². The Hall–Kier alpha value is -1.19. The molecule has 0 saturated carbocycles. The van der Waals surface area contributed by atoms with Crippen LogP contribution in [0.4, 0.5) is 13.2 Å². The highest BCUT2D eigenvalue weighted by molar-refractivity contribution is 7.88. The van der Waals surface area contributed by atoms with Crippen molar-refractivity contribution in [3.8, 4) is 0 Å². The topological polar surface area (TPSA) is 62.3 Å². The van der Waals surface area contributed by atoms with Crippen LogP contribution in [-0.2, 0) is 16.2 Å². The van der Waals surface area contributed by atoms with Crippen LogP contribution >= 0.6 is 0 Å². The van der Waals surface area contributed by atoms with Gasteiger partial charge in [0.2, 0.25) is 10.0 Å². The van der Waals surface area contributed by atoms with Gasteiger partial charge in [-0.1, -0.05) is 0 Å². The first kappa shape index (κ1) is 15.2. The zero-order chi connectivity index (χ0) is 15.0. The molecule has 0 amide bonds. The number of nitrogens with one attached hydrogen (secondary N) is 1. The molecule has 0 spiro atoms. The van der Waals surface area contributed by atoms with E-state index >= 15 is 0 Å². The molecule has 2 heterocycles. The minimum absolute atomic E-state index is 0.164. The van der Waals surface area contributed by atoms with Crippen molar-refractivity contribution in [2.75, 3.05) is 25.9 Å². The van der Waals surface area contributed by atoms with E-state index in [0.717, 1.165) is 18.5 Å². The molecule has 112 valence electrons. The summed E-state index contributed by atoms with van der Waals surface area (Å²) in [5.74, 6) is 0. The molecule has 1 aliphatic rings. The summed E-state index contributed by atoms with van der Waals surface area (Å²) in [4.78, 5) is 3.78. The zero-order valence-corrected chi connectivity index (χ0v) is 11.5. The Labute approximate surface area is 114 Å². The number of piperazine rings is 1. The molecule has 1 aromatic rings. The lowest BCUT2D eigenvalue weighted by molar-refractivity contribution is -0.137. The van der Waals surface area contributed by atoms with Gasteiger partial charge in [-0.2, -0.15) is 17.5 Å². The Bertz CT molecular complexity index is 572. The third-order valence-electron chi connectivity index (χ3n) is 3.08. The van der Waals surface area contributed by atoms with E-state index in [-0.39, 0.29) is 6.54 Å². The van der Waals surface area contributed by atoms with E-state index in [1.807, 2.05) is 0 Å². The highest BCUT2D eigenvalue weighted by Gasteiger charge is 2.32. The number of nitrogens with zero attached hydrogens (tertiary/aromatic N) is 2. The van der Waals surface area contributed by atoms with Crippen LogP contribution in [0.3, 0.4) is 0 Å². The van der Waals surface area contributed by atoms with Crippen LogP contribution in [0, 0.1) is 0 Å². The monoisotopic (exact) mass is 309 g/mol. The largest absolute Gasteiger partial charge is 0.417 e. The van der Waals surface area contributed by atoms with Crippen molar-refractivity contribution >= 4 is 10.0 Å². The molecule has 1 unspecified atom stereocenters. The highest BCUT2D eigenvalue weighted by atomic mass is 32.2. The van der Waals surface area contributed by atoms with Crippen LogP contribution in [0.2, 0.25) is 0 Å². The molecule has 0 radical (unpaired) electrons. The van der Waals surface area contributed by atoms with E-state index in [1.54, 1.807) is 0 Å². The van der Waals surface area contributed by atoms with Gasteiger partial charge in [0.05, 0.1) is 23.6 Å². The molecule has 1 saturated heterocycles. The summed E-state index contributed by atoms with van der Waals surface area (Å²) in [7, 11) is -3.31. The van der Waals surface area contributed by atoms with Gasteiger partial charge >= 0.3 is 6.18 Å². The Kier molecular flexibility index (Phi) is 4.03. The second-order valence-electron chi connectivity index (χ2n) is 4.60. The highest BCUT2D eigenvalue weighted by Crippen LogP contribution is 2.29. The number of hydrogen-bond acceptors (Lipinski definition) is 4. The average Bonchev–Trinajstić information content (AvgIpc) is 2.37. The molecule has 1 aliphatic heterocycles. The van der Waals surface area contributed by atoms with Crippen molar-refractivity contribution < 1.29 is 21.6 Å². The van der Waals surface area contributed by atoms with Gasteiger partial charge in [0, 0.05) is 25.8 Å². The predicted octanol–water partition coefficient (Wildman–Crippen LogP) is 1.01. The van der Waals surface area contributed by atoms with E-state index in [9.17, 15) is 21.6 Å². The van der Waals surface area contributed by atoms with Crippen molar-refractivity contribution in [3.63, 3.8) is 0 Å². The first-order valence-corrected chi connectivity index (χ1v) is 7.74. The number of rotatable bonds is 2. The summed E-state index contributed by atoms with van der Waals surface area (Å²) in [6, 6.07) is 1.82. The SMILES string of the molecule is CS(=O)(=O)N1CCNC(c2ccc(C(F)(F)F)cn2)C1. The quantitative estimate of drug-likeness (QED) is 0.885. The van der Waals surface area contributed by atoms with Crippen LogP contribution in [0.1, 0.15) is 17.3 Å². The van der Waals surface area contributed by atoms with Gasteiger partial charge in [0.25, 0.3) is 0 Å². The molecule has 1 atom stereocenters. The third-order valence-corrected chi connectivity index (χ3v) is 4.35. The van der Waals surface area contributed by atoms with E-state index < -0.39 is 27.8 Å². The number of alkyl halides is 3. The molecule has 20 heavy (non-hydrogen) atoms. The molecular weight excluding hydrogens is 295 g/mol. The molecule has 9 heteroatoms. The van der Waals surface area contributed by atoms with E-state index in [0.29, 0.717) is 18.8 Å². The maximum atomic E-state index is 12.4. The summed E-state index contributed by atoms with van der Waals surface area (Å²) in [5, 5.41) is 3.05. The first-order chi connectivity index (χ1) is 9.18. The molecule has 5 nitrogen and oxygen atoms in total. The second-order valence-corrected chi connectivity index (χ2v) is 6.58. The predicted molar refractivity (Wildman–Crippen MR) is 66.4 cm³/mol. The fourth-order valence-electron chi connectivity index (χ4n) is 2.00. The van der Waals surface area contributed by atoms with Crippen LogP contribution in [0.15, 0.2) is 18.3 Å². The Morgan fingerprint density at radius 1 is 1.40 bits per heavy atom.